The van der Waals surface area contributed by atoms with E-state index in [4.69, 9.17) is 10.8 Å². The van der Waals surface area contributed by atoms with E-state index < -0.39 is 18.7 Å². The molecule has 0 aliphatic rings. The van der Waals surface area contributed by atoms with Crippen LogP contribution >= 0.6 is 12.4 Å². The number of nitrogens with two attached hydrogens (primary N) is 1. The van der Waals surface area contributed by atoms with Crippen LogP contribution in [0, 0.1) is 5.92 Å². The Balaban J connectivity index is 0. The topological polar surface area (TPSA) is 63.3 Å². The molecule has 0 aromatic heterocycles. The van der Waals surface area contributed by atoms with Crippen molar-refractivity contribution in [2.45, 2.75) is 19.4 Å². The Bertz CT molecular complexity index is 123. The summed E-state index contributed by atoms with van der Waals surface area (Å²) in [6.07, 6.45) is 0.216. The van der Waals surface area contributed by atoms with Gasteiger partial charge in [-0.25, -0.2) is 0 Å². The molecule has 0 rings (SSSR count). The van der Waals surface area contributed by atoms with Gasteiger partial charge in [-0.2, -0.15) is 0 Å². The number of hydrogen-bond acceptors (Lipinski definition) is 2. The first-order valence-electron chi connectivity index (χ1n) is 3.14. The number of hydrogen-bond donors (Lipinski definition) is 2. The number of carboxylic acids is 1. The fourth-order valence-corrected chi connectivity index (χ4v) is 0.595. The first-order chi connectivity index (χ1) is 4.59. The van der Waals surface area contributed by atoms with E-state index in [-0.39, 0.29) is 24.7 Å². The second-order valence-electron chi connectivity index (χ2n) is 2.32. The van der Waals surface area contributed by atoms with Gasteiger partial charge in [-0.3, -0.25) is 9.18 Å². The molecule has 68 valence electrons. The van der Waals surface area contributed by atoms with E-state index >= 15 is 0 Å². The van der Waals surface area contributed by atoms with Crippen molar-refractivity contribution in [2.24, 2.45) is 11.7 Å². The van der Waals surface area contributed by atoms with Crippen LogP contribution in [0.25, 0.3) is 0 Å². The lowest BCUT2D eigenvalue weighted by molar-refractivity contribution is -0.139. The molecule has 0 bridgehead atoms. The molecule has 3 N–H and O–H groups in total. The molecule has 0 aromatic rings. The fraction of sp³-hybridized carbons (Fsp3) is 0.833. The predicted molar refractivity (Wildman–Crippen MR) is 42.6 cm³/mol. The summed E-state index contributed by atoms with van der Waals surface area (Å²) in [6.45, 7) is 1.11. The minimum atomic E-state index is -1.07. The summed E-state index contributed by atoms with van der Waals surface area (Å²) < 4.78 is 11.6. The van der Waals surface area contributed by atoms with E-state index in [1.54, 1.807) is 6.92 Å². The minimum absolute atomic E-state index is 0. The smallest absolute Gasteiger partial charge is 0.320 e. The van der Waals surface area contributed by atoms with Gasteiger partial charge in [-0.15, -0.1) is 12.4 Å². The molecule has 0 aromatic carbocycles. The summed E-state index contributed by atoms with van der Waals surface area (Å²) in [6, 6.07) is -0.934. The maximum Gasteiger partial charge on any atom is 0.320 e. The van der Waals surface area contributed by atoms with Gasteiger partial charge in [0.2, 0.25) is 0 Å². The summed E-state index contributed by atoms with van der Waals surface area (Å²) in [4.78, 5) is 10.2. The SMILES string of the molecule is C[C@@H](CCF)[C@H](N)C(=O)O.Cl. The molecule has 5 heteroatoms. The van der Waals surface area contributed by atoms with Crippen LogP contribution in [-0.2, 0) is 4.79 Å². The van der Waals surface area contributed by atoms with Crippen LogP contribution in [0.1, 0.15) is 13.3 Å². The van der Waals surface area contributed by atoms with E-state index in [0.29, 0.717) is 0 Å². The number of alkyl halides is 1. The first-order valence-corrected chi connectivity index (χ1v) is 3.14. The molecule has 0 saturated heterocycles. The predicted octanol–water partition coefficient (Wildman–Crippen LogP) is 0.816. The molecule has 0 aliphatic carbocycles. The Hall–Kier alpha value is -0.350. The van der Waals surface area contributed by atoms with Gasteiger partial charge in [0.15, 0.2) is 0 Å². The number of carbonyl (C=O) groups is 1. The maximum atomic E-state index is 11.6. The molecular formula is C6H13ClFNO2. The van der Waals surface area contributed by atoms with E-state index in [1.807, 2.05) is 0 Å². The molecule has 0 amide bonds. The van der Waals surface area contributed by atoms with Crippen molar-refractivity contribution in [3.63, 3.8) is 0 Å². The molecule has 0 fully saturated rings. The molecule has 2 atom stereocenters. The number of aliphatic carboxylic acids is 1. The normalized spacial score (nSPS) is 14.8. The molecule has 11 heavy (non-hydrogen) atoms. The third-order valence-electron chi connectivity index (χ3n) is 1.46. The van der Waals surface area contributed by atoms with Crippen molar-refractivity contribution in [1.82, 2.24) is 0 Å². The number of halogens is 2. The Morgan fingerprint density at radius 1 is 1.73 bits per heavy atom. The highest BCUT2D eigenvalue weighted by Gasteiger charge is 2.18. The van der Waals surface area contributed by atoms with Crippen LogP contribution in [-0.4, -0.2) is 23.8 Å². The molecule has 0 spiro atoms. The third-order valence-corrected chi connectivity index (χ3v) is 1.46. The zero-order valence-corrected chi connectivity index (χ0v) is 7.10. The van der Waals surface area contributed by atoms with Crippen molar-refractivity contribution in [1.29, 1.82) is 0 Å². The van der Waals surface area contributed by atoms with Crippen LogP contribution in [0.4, 0.5) is 4.39 Å². The van der Waals surface area contributed by atoms with Crippen LogP contribution in [0.5, 0.6) is 0 Å². The average Bonchev–Trinajstić information content (AvgIpc) is 1.87. The lowest BCUT2D eigenvalue weighted by Gasteiger charge is -2.12. The van der Waals surface area contributed by atoms with Gasteiger partial charge < -0.3 is 10.8 Å². The second-order valence-corrected chi connectivity index (χ2v) is 2.32. The van der Waals surface area contributed by atoms with Crippen LogP contribution in [0.15, 0.2) is 0 Å². The van der Waals surface area contributed by atoms with E-state index in [0.717, 1.165) is 0 Å². The summed E-state index contributed by atoms with van der Waals surface area (Å²) >= 11 is 0. The Morgan fingerprint density at radius 2 is 2.18 bits per heavy atom. The molecular weight excluding hydrogens is 173 g/mol. The molecule has 0 heterocycles. The van der Waals surface area contributed by atoms with Crippen LogP contribution < -0.4 is 5.73 Å². The monoisotopic (exact) mass is 185 g/mol. The van der Waals surface area contributed by atoms with Crippen molar-refractivity contribution >= 4 is 18.4 Å². The van der Waals surface area contributed by atoms with Gasteiger partial charge in [-0.05, 0) is 12.3 Å². The molecule has 0 unspecified atom stereocenters. The third kappa shape index (κ3) is 4.98. The van der Waals surface area contributed by atoms with Gasteiger partial charge in [-0.1, -0.05) is 6.92 Å². The lowest BCUT2D eigenvalue weighted by Crippen LogP contribution is -2.36. The highest BCUT2D eigenvalue weighted by atomic mass is 35.5. The highest BCUT2D eigenvalue weighted by molar-refractivity contribution is 5.85. The van der Waals surface area contributed by atoms with Gasteiger partial charge in [0.1, 0.15) is 6.04 Å². The minimum Gasteiger partial charge on any atom is -0.480 e. The van der Waals surface area contributed by atoms with Crippen molar-refractivity contribution in [3.05, 3.63) is 0 Å². The molecule has 3 nitrogen and oxygen atoms in total. The van der Waals surface area contributed by atoms with Crippen molar-refractivity contribution in [3.8, 4) is 0 Å². The molecule has 0 radical (unpaired) electrons. The Morgan fingerprint density at radius 3 is 2.45 bits per heavy atom. The van der Waals surface area contributed by atoms with Crippen molar-refractivity contribution in [2.75, 3.05) is 6.67 Å². The quantitative estimate of drug-likeness (QED) is 0.682. The van der Waals surface area contributed by atoms with Gasteiger partial charge in [0.25, 0.3) is 0 Å². The summed E-state index contributed by atoms with van der Waals surface area (Å²) in [5.74, 6) is -1.36. The first kappa shape index (κ1) is 13.3. The highest BCUT2D eigenvalue weighted by Crippen LogP contribution is 2.05. The second kappa shape index (κ2) is 6.37. The van der Waals surface area contributed by atoms with Crippen molar-refractivity contribution < 1.29 is 14.3 Å². The lowest BCUT2D eigenvalue weighted by atomic mass is 10.0. The zero-order chi connectivity index (χ0) is 8.15. The van der Waals surface area contributed by atoms with E-state index in [9.17, 15) is 9.18 Å². The number of carboxylic acid groups (broad SMARTS) is 1. The summed E-state index contributed by atoms with van der Waals surface area (Å²) in [5, 5.41) is 8.33. The summed E-state index contributed by atoms with van der Waals surface area (Å²) in [5.41, 5.74) is 5.18. The maximum absolute atomic E-state index is 11.6. The largest absolute Gasteiger partial charge is 0.480 e. The van der Waals surface area contributed by atoms with E-state index in [1.165, 1.54) is 0 Å². The Kier molecular flexibility index (Phi) is 7.67. The standard InChI is InChI=1S/C6H12FNO2.ClH/c1-4(2-3-7)5(8)6(9)10;/h4-5H,2-3,8H2,1H3,(H,9,10);1H/t4-,5-;/m0./s1. The van der Waals surface area contributed by atoms with Crippen LogP contribution in [0.2, 0.25) is 0 Å². The molecule has 0 saturated carbocycles. The van der Waals surface area contributed by atoms with E-state index in [2.05, 4.69) is 0 Å². The molecule has 0 aliphatic heterocycles. The zero-order valence-electron chi connectivity index (χ0n) is 6.29. The fourth-order valence-electron chi connectivity index (χ4n) is 0.595. The van der Waals surface area contributed by atoms with Gasteiger partial charge >= 0.3 is 5.97 Å². The van der Waals surface area contributed by atoms with Crippen LogP contribution in [0.3, 0.4) is 0 Å². The number of rotatable bonds is 4. The Labute approximate surface area is 71.2 Å². The van der Waals surface area contributed by atoms with Gasteiger partial charge in [0, 0.05) is 0 Å². The summed E-state index contributed by atoms with van der Waals surface area (Å²) in [7, 11) is 0. The van der Waals surface area contributed by atoms with Gasteiger partial charge in [0.05, 0.1) is 6.67 Å². The average molecular weight is 186 g/mol.